The Balaban J connectivity index is 0.00000112. The van der Waals surface area contributed by atoms with Crippen molar-refractivity contribution in [1.82, 2.24) is 9.97 Å². The van der Waals surface area contributed by atoms with Gasteiger partial charge < -0.3 is 0 Å². The molecule has 5 heteroatoms. The van der Waals surface area contributed by atoms with Gasteiger partial charge in [-0.3, -0.25) is 9.97 Å². The van der Waals surface area contributed by atoms with Crippen LogP contribution in [0.5, 0.6) is 0 Å². The first-order valence-electron chi connectivity index (χ1n) is 4.37. The zero-order chi connectivity index (χ0) is 9.64. The highest BCUT2D eigenvalue weighted by Crippen LogP contribution is 2.20. The molecule has 2 nitrogen and oxygen atoms in total. The Morgan fingerprint density at radius 1 is 0.812 bits per heavy atom. The summed E-state index contributed by atoms with van der Waals surface area (Å²) in [6.07, 6.45) is 7.27. The van der Waals surface area contributed by atoms with Crippen molar-refractivity contribution in [2.45, 2.75) is 10.6 Å². The molecular formula is C11H12Cl2N2S. The molecule has 0 saturated heterocycles. The molecule has 0 amide bonds. The fourth-order valence-electron chi connectivity index (χ4n) is 1.08. The lowest BCUT2D eigenvalue weighted by Gasteiger charge is -2.00. The Morgan fingerprint density at radius 3 is 1.88 bits per heavy atom. The van der Waals surface area contributed by atoms with Gasteiger partial charge >= 0.3 is 0 Å². The van der Waals surface area contributed by atoms with Crippen LogP contribution in [0.1, 0.15) is 5.56 Å². The first-order valence-corrected chi connectivity index (χ1v) is 5.35. The minimum atomic E-state index is 0. The monoisotopic (exact) mass is 274 g/mol. The topological polar surface area (TPSA) is 25.8 Å². The van der Waals surface area contributed by atoms with E-state index in [1.165, 1.54) is 10.5 Å². The van der Waals surface area contributed by atoms with E-state index in [0.717, 1.165) is 5.75 Å². The van der Waals surface area contributed by atoms with Gasteiger partial charge in [0.15, 0.2) is 0 Å². The van der Waals surface area contributed by atoms with E-state index in [1.807, 2.05) is 49.1 Å². The molecule has 0 radical (unpaired) electrons. The Kier molecular flexibility index (Phi) is 7.99. The van der Waals surface area contributed by atoms with Gasteiger partial charge in [0.05, 0.1) is 0 Å². The van der Waals surface area contributed by atoms with Gasteiger partial charge in [-0.05, 0) is 29.8 Å². The molecule has 0 fully saturated rings. The number of aromatic nitrogens is 2. The van der Waals surface area contributed by atoms with E-state index >= 15 is 0 Å². The number of nitrogens with zero attached hydrogens (tertiary/aromatic N) is 2. The molecular weight excluding hydrogens is 263 g/mol. The van der Waals surface area contributed by atoms with Crippen molar-refractivity contribution >= 4 is 36.6 Å². The van der Waals surface area contributed by atoms with Crippen LogP contribution in [0.15, 0.2) is 53.9 Å². The average Bonchev–Trinajstić information content (AvgIpc) is 2.29. The van der Waals surface area contributed by atoms with E-state index in [-0.39, 0.29) is 24.8 Å². The summed E-state index contributed by atoms with van der Waals surface area (Å²) in [5.41, 5.74) is 1.29. The second-order valence-corrected chi connectivity index (χ2v) is 3.88. The molecule has 0 aromatic carbocycles. The summed E-state index contributed by atoms with van der Waals surface area (Å²) in [6.45, 7) is 0. The fraction of sp³-hybridized carbons (Fsp3) is 0.0909. The normalized spacial score (nSPS) is 8.75. The van der Waals surface area contributed by atoms with Gasteiger partial charge in [-0.15, -0.1) is 36.6 Å². The summed E-state index contributed by atoms with van der Waals surface area (Å²) in [4.78, 5) is 9.21. The summed E-state index contributed by atoms with van der Waals surface area (Å²) in [7, 11) is 0. The van der Waals surface area contributed by atoms with Crippen molar-refractivity contribution in [2.75, 3.05) is 0 Å². The molecule has 0 saturated carbocycles. The van der Waals surface area contributed by atoms with Gasteiger partial charge in [0.1, 0.15) is 0 Å². The fourth-order valence-corrected chi connectivity index (χ4v) is 1.92. The van der Waals surface area contributed by atoms with Gasteiger partial charge in [-0.2, -0.15) is 0 Å². The molecule has 0 atom stereocenters. The minimum absolute atomic E-state index is 0. The number of thioether (sulfide) groups is 1. The summed E-state index contributed by atoms with van der Waals surface area (Å²) < 4.78 is 0. The van der Waals surface area contributed by atoms with Crippen LogP contribution in [0.2, 0.25) is 0 Å². The average molecular weight is 275 g/mol. The van der Waals surface area contributed by atoms with Crippen molar-refractivity contribution in [2.24, 2.45) is 0 Å². The van der Waals surface area contributed by atoms with Crippen LogP contribution in [0.4, 0.5) is 0 Å². The molecule has 0 unspecified atom stereocenters. The second-order valence-electron chi connectivity index (χ2n) is 2.83. The third-order valence-corrected chi connectivity index (χ3v) is 2.89. The molecule has 2 rings (SSSR count). The van der Waals surface area contributed by atoms with Crippen molar-refractivity contribution < 1.29 is 0 Å². The van der Waals surface area contributed by atoms with Gasteiger partial charge in [-0.1, -0.05) is 0 Å². The molecule has 2 heterocycles. The molecule has 2 aromatic heterocycles. The van der Waals surface area contributed by atoms with Crippen molar-refractivity contribution in [3.63, 3.8) is 0 Å². The van der Waals surface area contributed by atoms with Crippen LogP contribution in [0.25, 0.3) is 0 Å². The number of hydrogen-bond acceptors (Lipinski definition) is 3. The van der Waals surface area contributed by atoms with Gasteiger partial charge in [0.2, 0.25) is 0 Å². The second kappa shape index (κ2) is 8.39. The summed E-state index contributed by atoms with van der Waals surface area (Å²) >= 11 is 1.81. The SMILES string of the molecule is Cl.Cl.c1cc(CSc2ccncc2)ccn1. The quantitative estimate of drug-likeness (QED) is 0.800. The smallest absolute Gasteiger partial charge is 0.0278 e. The van der Waals surface area contributed by atoms with Gasteiger partial charge in [0.25, 0.3) is 0 Å². The molecule has 0 aliphatic rings. The molecule has 86 valence electrons. The van der Waals surface area contributed by atoms with Crippen molar-refractivity contribution in [3.05, 3.63) is 54.6 Å². The Hall–Kier alpha value is -0.770. The highest BCUT2D eigenvalue weighted by molar-refractivity contribution is 7.98. The molecule has 2 aromatic rings. The third-order valence-electron chi connectivity index (χ3n) is 1.80. The molecule has 0 aliphatic heterocycles. The van der Waals surface area contributed by atoms with E-state index in [2.05, 4.69) is 9.97 Å². The summed E-state index contributed by atoms with van der Waals surface area (Å²) in [5, 5.41) is 0. The maximum absolute atomic E-state index is 3.98. The largest absolute Gasteiger partial charge is 0.265 e. The van der Waals surface area contributed by atoms with E-state index in [0.29, 0.717) is 0 Å². The molecule has 0 bridgehead atoms. The van der Waals surface area contributed by atoms with Gasteiger partial charge in [0, 0.05) is 35.4 Å². The highest BCUT2D eigenvalue weighted by Gasteiger charge is 1.94. The molecule has 16 heavy (non-hydrogen) atoms. The van der Waals surface area contributed by atoms with E-state index in [1.54, 1.807) is 11.8 Å². The Morgan fingerprint density at radius 2 is 1.31 bits per heavy atom. The zero-order valence-electron chi connectivity index (χ0n) is 8.45. The summed E-state index contributed by atoms with van der Waals surface area (Å²) in [5.74, 6) is 0.979. The summed E-state index contributed by atoms with van der Waals surface area (Å²) in [6, 6.07) is 8.11. The number of halogens is 2. The first kappa shape index (κ1) is 15.2. The third kappa shape index (κ3) is 4.84. The number of rotatable bonds is 3. The predicted octanol–water partition coefficient (Wildman–Crippen LogP) is 3.61. The number of hydrogen-bond donors (Lipinski definition) is 0. The van der Waals surface area contributed by atoms with Crippen LogP contribution < -0.4 is 0 Å². The Bertz CT molecular complexity index is 344. The maximum atomic E-state index is 3.98. The predicted molar refractivity (Wildman–Crippen MR) is 72.5 cm³/mol. The van der Waals surface area contributed by atoms with E-state index in [9.17, 15) is 0 Å². The highest BCUT2D eigenvalue weighted by atomic mass is 35.5. The van der Waals surface area contributed by atoms with E-state index in [4.69, 9.17) is 0 Å². The van der Waals surface area contributed by atoms with Crippen LogP contribution in [0.3, 0.4) is 0 Å². The number of pyridine rings is 2. The first-order chi connectivity index (χ1) is 6.95. The van der Waals surface area contributed by atoms with Crippen LogP contribution in [-0.2, 0) is 5.75 Å². The van der Waals surface area contributed by atoms with Gasteiger partial charge in [-0.25, -0.2) is 0 Å². The molecule has 0 spiro atoms. The zero-order valence-corrected chi connectivity index (χ0v) is 10.9. The molecule has 0 aliphatic carbocycles. The minimum Gasteiger partial charge on any atom is -0.265 e. The Labute approximate surface area is 112 Å². The van der Waals surface area contributed by atoms with Crippen molar-refractivity contribution in [3.8, 4) is 0 Å². The molecule has 0 N–H and O–H groups in total. The van der Waals surface area contributed by atoms with Crippen LogP contribution in [0, 0.1) is 0 Å². The van der Waals surface area contributed by atoms with Crippen LogP contribution in [-0.4, -0.2) is 9.97 Å². The van der Waals surface area contributed by atoms with Crippen molar-refractivity contribution in [1.29, 1.82) is 0 Å². The van der Waals surface area contributed by atoms with E-state index < -0.39 is 0 Å². The standard InChI is InChI=1S/C11H10N2S.2ClH/c1-5-12-6-2-10(1)9-14-11-3-7-13-8-4-11;;/h1-8H,9H2;2*1H. The lowest BCUT2D eigenvalue weighted by molar-refractivity contribution is 1.25. The van der Waals surface area contributed by atoms with Crippen LogP contribution >= 0.6 is 36.6 Å². The lowest BCUT2D eigenvalue weighted by atomic mass is 10.3. The maximum Gasteiger partial charge on any atom is 0.0278 e. The lowest BCUT2D eigenvalue weighted by Crippen LogP contribution is -1.80.